The van der Waals surface area contributed by atoms with Crippen molar-refractivity contribution >= 4 is 54.6 Å². The van der Waals surface area contributed by atoms with Crippen molar-refractivity contribution in [3.8, 4) is 67.0 Å². The fraction of sp³-hybridized carbons (Fsp3) is 0. The van der Waals surface area contributed by atoms with Crippen LogP contribution in [0.25, 0.3) is 122 Å². The van der Waals surface area contributed by atoms with E-state index in [0.29, 0.717) is 0 Å². The van der Waals surface area contributed by atoms with E-state index in [9.17, 15) is 0 Å². The van der Waals surface area contributed by atoms with Gasteiger partial charge in [-0.25, -0.2) is 0 Å². The molecule has 0 radical (unpaired) electrons. The summed E-state index contributed by atoms with van der Waals surface area (Å²) in [6.45, 7) is 0. The van der Waals surface area contributed by atoms with E-state index in [1.807, 2.05) is 0 Å². The average molecular weight is 829 g/mol. The van der Waals surface area contributed by atoms with Crippen LogP contribution >= 0.6 is 0 Å². The molecule has 65 heavy (non-hydrogen) atoms. The summed E-state index contributed by atoms with van der Waals surface area (Å²) in [4.78, 5) is 0. The predicted molar refractivity (Wildman–Crippen MR) is 272 cm³/mol. The van der Waals surface area contributed by atoms with Crippen LogP contribution in [-0.2, 0) is 0 Å². The first-order valence-corrected chi connectivity index (χ1v) is 22.2. The Morgan fingerprint density at radius 1 is 0.277 bits per heavy atom. The van der Waals surface area contributed by atoms with Crippen LogP contribution in [0.3, 0.4) is 0 Å². The van der Waals surface area contributed by atoms with Gasteiger partial charge in [-0.3, -0.25) is 0 Å². The van der Waals surface area contributed by atoms with E-state index in [1.54, 1.807) is 0 Å². The molecule has 0 N–H and O–H groups in total. The minimum atomic E-state index is 0.898. The molecule has 0 aliphatic rings. The van der Waals surface area contributed by atoms with Gasteiger partial charge in [0, 0.05) is 55.6 Å². The van der Waals surface area contributed by atoms with Crippen LogP contribution in [-0.4, -0.2) is 9.13 Å². The minimum Gasteiger partial charge on any atom is -0.455 e. The Labute approximate surface area is 376 Å². The van der Waals surface area contributed by atoms with E-state index in [0.717, 1.165) is 61.1 Å². The Hall–Kier alpha value is -8.66. The minimum absolute atomic E-state index is 0.898. The lowest BCUT2D eigenvalue weighted by atomic mass is 9.98. The lowest BCUT2D eigenvalue weighted by molar-refractivity contribution is 0.671. The summed E-state index contributed by atoms with van der Waals surface area (Å²) in [5, 5.41) is 5.90. The molecule has 0 spiro atoms. The Morgan fingerprint density at radius 2 is 0.769 bits per heavy atom. The fourth-order valence-electron chi connectivity index (χ4n) is 10.1. The molecular formula is C62H40N2O. The van der Waals surface area contributed by atoms with E-state index in [2.05, 4.69) is 252 Å². The number of benzene rings is 10. The van der Waals surface area contributed by atoms with Crippen LogP contribution < -0.4 is 0 Å². The molecule has 3 nitrogen and oxygen atoms in total. The second kappa shape index (κ2) is 15.0. The van der Waals surface area contributed by atoms with Crippen LogP contribution in [0.15, 0.2) is 247 Å². The maximum absolute atomic E-state index is 6.90. The van der Waals surface area contributed by atoms with Gasteiger partial charge in [0.2, 0.25) is 0 Å². The normalized spacial score (nSPS) is 11.7. The summed E-state index contributed by atoms with van der Waals surface area (Å²) >= 11 is 0. The largest absolute Gasteiger partial charge is 0.455 e. The van der Waals surface area contributed by atoms with Gasteiger partial charge in [-0.2, -0.15) is 0 Å². The van der Waals surface area contributed by atoms with Gasteiger partial charge >= 0.3 is 0 Å². The topological polar surface area (TPSA) is 23.0 Å². The molecule has 10 aromatic carbocycles. The van der Waals surface area contributed by atoms with E-state index in [-0.39, 0.29) is 0 Å². The Bertz CT molecular complexity index is 3840. The SMILES string of the molecule is c1ccc(-c2ccc(-c3cccc4c3oc3c(-c5ccc(-n6c7ccccc7c7ccc8c(ccn8-c8cc(-c9ccccc9)cc(-c9ccccc9)c8)c76)cc5)cccc34)cc2)cc1. The monoisotopic (exact) mass is 828 g/mol. The first-order valence-electron chi connectivity index (χ1n) is 22.2. The summed E-state index contributed by atoms with van der Waals surface area (Å²) in [5.74, 6) is 0. The number of aromatic nitrogens is 2. The second-order valence-corrected chi connectivity index (χ2v) is 16.9. The molecular weight excluding hydrogens is 789 g/mol. The van der Waals surface area contributed by atoms with Gasteiger partial charge in [0.05, 0.1) is 16.6 Å². The molecule has 0 amide bonds. The summed E-state index contributed by atoms with van der Waals surface area (Å²) in [6, 6.07) is 85.2. The van der Waals surface area contributed by atoms with Crippen LogP contribution in [0.5, 0.6) is 0 Å². The molecule has 0 fully saturated rings. The van der Waals surface area contributed by atoms with Gasteiger partial charge in [0.1, 0.15) is 11.2 Å². The maximum atomic E-state index is 6.90. The number of hydrogen-bond acceptors (Lipinski definition) is 1. The summed E-state index contributed by atoms with van der Waals surface area (Å²) < 4.78 is 11.7. The summed E-state index contributed by atoms with van der Waals surface area (Å²) in [6.07, 6.45) is 2.23. The molecule has 304 valence electrons. The molecule has 0 unspecified atom stereocenters. The molecule has 13 aromatic rings. The highest BCUT2D eigenvalue weighted by atomic mass is 16.3. The van der Waals surface area contributed by atoms with Crippen molar-refractivity contribution in [1.82, 2.24) is 9.13 Å². The lowest BCUT2D eigenvalue weighted by Gasteiger charge is -2.13. The zero-order valence-electron chi connectivity index (χ0n) is 35.4. The van der Waals surface area contributed by atoms with Crippen LogP contribution in [0, 0.1) is 0 Å². The Kier molecular flexibility index (Phi) is 8.53. The van der Waals surface area contributed by atoms with Crippen molar-refractivity contribution in [1.29, 1.82) is 0 Å². The predicted octanol–water partition coefficient (Wildman–Crippen LogP) is 17.0. The van der Waals surface area contributed by atoms with Gasteiger partial charge in [-0.1, -0.05) is 188 Å². The van der Waals surface area contributed by atoms with E-state index >= 15 is 0 Å². The van der Waals surface area contributed by atoms with Crippen molar-refractivity contribution in [3.05, 3.63) is 243 Å². The Morgan fingerprint density at radius 3 is 1.37 bits per heavy atom. The van der Waals surface area contributed by atoms with Crippen LogP contribution in [0.1, 0.15) is 0 Å². The first kappa shape index (κ1) is 36.9. The highest BCUT2D eigenvalue weighted by Gasteiger charge is 2.20. The molecule has 3 heteroatoms. The molecule has 0 atom stereocenters. The summed E-state index contributed by atoms with van der Waals surface area (Å²) in [5.41, 5.74) is 19.1. The number of para-hydroxylation sites is 3. The maximum Gasteiger partial charge on any atom is 0.143 e. The molecule has 0 aliphatic carbocycles. The van der Waals surface area contributed by atoms with Crippen molar-refractivity contribution in [2.24, 2.45) is 0 Å². The standard InChI is InChI=1S/C62H40N2O/c1-4-14-41(15-5-1)44-26-28-45(29-27-44)51-21-12-23-55-56-24-13-22-52(62(56)65-61(51)55)46-30-32-49(33-31-46)64-59-25-11-10-20-53(59)54-34-35-58-57(60(54)64)36-37-63(58)50-39-47(42-16-6-2-7-17-42)38-48(40-50)43-18-8-3-9-19-43/h1-40H. The van der Waals surface area contributed by atoms with E-state index in [4.69, 9.17) is 4.42 Å². The van der Waals surface area contributed by atoms with Crippen molar-refractivity contribution in [2.45, 2.75) is 0 Å². The van der Waals surface area contributed by atoms with Gasteiger partial charge in [0.15, 0.2) is 0 Å². The lowest BCUT2D eigenvalue weighted by Crippen LogP contribution is -1.96. The van der Waals surface area contributed by atoms with Crippen LogP contribution in [0.2, 0.25) is 0 Å². The van der Waals surface area contributed by atoms with Crippen LogP contribution in [0.4, 0.5) is 0 Å². The molecule has 0 aliphatic heterocycles. The molecule has 3 heterocycles. The molecule has 13 rings (SSSR count). The number of nitrogens with zero attached hydrogens (tertiary/aromatic N) is 2. The van der Waals surface area contributed by atoms with Gasteiger partial charge < -0.3 is 13.6 Å². The number of fused-ring (bicyclic) bond motifs is 8. The molecule has 0 bridgehead atoms. The quantitative estimate of drug-likeness (QED) is 0.157. The number of furan rings is 1. The smallest absolute Gasteiger partial charge is 0.143 e. The zero-order chi connectivity index (χ0) is 42.8. The van der Waals surface area contributed by atoms with Gasteiger partial charge in [-0.15, -0.1) is 0 Å². The zero-order valence-corrected chi connectivity index (χ0v) is 35.4. The van der Waals surface area contributed by atoms with Gasteiger partial charge in [-0.05, 0) is 93.0 Å². The third-order valence-corrected chi connectivity index (χ3v) is 13.2. The molecule has 0 saturated carbocycles. The third kappa shape index (κ3) is 6.12. The first-order chi connectivity index (χ1) is 32.2. The summed E-state index contributed by atoms with van der Waals surface area (Å²) in [7, 11) is 0. The number of hydrogen-bond donors (Lipinski definition) is 0. The van der Waals surface area contributed by atoms with E-state index < -0.39 is 0 Å². The molecule has 0 saturated heterocycles. The highest BCUT2D eigenvalue weighted by Crippen LogP contribution is 2.42. The van der Waals surface area contributed by atoms with Crippen molar-refractivity contribution in [2.75, 3.05) is 0 Å². The van der Waals surface area contributed by atoms with Gasteiger partial charge in [0.25, 0.3) is 0 Å². The number of rotatable bonds is 7. The van der Waals surface area contributed by atoms with Crippen molar-refractivity contribution < 1.29 is 4.42 Å². The second-order valence-electron chi connectivity index (χ2n) is 16.9. The average Bonchev–Trinajstić information content (AvgIpc) is 4.10. The fourth-order valence-corrected chi connectivity index (χ4v) is 10.1. The van der Waals surface area contributed by atoms with E-state index in [1.165, 1.54) is 60.6 Å². The van der Waals surface area contributed by atoms with Crippen molar-refractivity contribution in [3.63, 3.8) is 0 Å². The molecule has 3 aromatic heterocycles. The third-order valence-electron chi connectivity index (χ3n) is 13.2. The highest BCUT2D eigenvalue weighted by molar-refractivity contribution is 6.19. The Balaban J connectivity index is 0.919.